The number of hydrogen-bond acceptors (Lipinski definition) is 5. The Balaban J connectivity index is 1.42. The topological polar surface area (TPSA) is 83.3 Å². The summed E-state index contributed by atoms with van der Waals surface area (Å²) in [5.41, 5.74) is 4.05. The lowest BCUT2D eigenvalue weighted by molar-refractivity contribution is -0.136. The highest BCUT2D eigenvalue weighted by Crippen LogP contribution is 2.24. The van der Waals surface area contributed by atoms with Crippen LogP contribution in [0.5, 0.6) is 5.75 Å². The van der Waals surface area contributed by atoms with Crippen molar-refractivity contribution in [1.29, 1.82) is 5.41 Å². The summed E-state index contributed by atoms with van der Waals surface area (Å²) in [5.74, 6) is -0.0765. The molecule has 0 amide bonds. The average molecular weight is 417 g/mol. The fraction of sp³-hybridized carbons (Fsp3) is 0.125. The number of benzene rings is 3. The third kappa shape index (κ3) is 4.72. The van der Waals surface area contributed by atoms with Gasteiger partial charge in [-0.2, -0.15) is 0 Å². The molecule has 4 rings (SSSR count). The van der Waals surface area contributed by atoms with Gasteiger partial charge in [0.25, 0.3) is 0 Å². The molecule has 0 radical (unpaired) electrons. The number of rotatable bonds is 8. The molecule has 150 valence electrons. The number of nitrogens with zero attached hydrogens (tertiary/aromatic N) is 1. The summed E-state index contributed by atoms with van der Waals surface area (Å²) in [5, 5.41) is 18.0. The Bertz CT molecular complexity index is 1170. The molecule has 0 bridgehead atoms. The fourth-order valence-corrected chi connectivity index (χ4v) is 4.03. The number of thiazole rings is 1. The molecule has 4 aromatic rings. The van der Waals surface area contributed by atoms with E-state index in [1.165, 1.54) is 11.3 Å². The van der Waals surface area contributed by atoms with Gasteiger partial charge in [0.15, 0.2) is 0 Å². The van der Waals surface area contributed by atoms with Crippen molar-refractivity contribution >= 4 is 33.2 Å². The Kier molecular flexibility index (Phi) is 5.86. The summed E-state index contributed by atoms with van der Waals surface area (Å²) in [6, 6.07) is 23.1. The van der Waals surface area contributed by atoms with Gasteiger partial charge in [-0.25, -0.2) is 4.98 Å². The normalized spacial score (nSPS) is 10.8. The number of carboxylic acids is 1. The first-order valence-electron chi connectivity index (χ1n) is 9.56. The molecule has 0 saturated carbocycles. The fourth-order valence-electron chi connectivity index (χ4n) is 3.09. The largest absolute Gasteiger partial charge is 0.489 e. The zero-order valence-corrected chi connectivity index (χ0v) is 17.0. The molecule has 6 heteroatoms. The number of nitrogens with one attached hydrogen (secondary N) is 1. The Morgan fingerprint density at radius 1 is 1.00 bits per heavy atom. The Hall–Kier alpha value is -3.51. The van der Waals surface area contributed by atoms with E-state index in [1.54, 1.807) is 0 Å². The minimum atomic E-state index is -0.799. The lowest BCUT2D eigenvalue weighted by Gasteiger charge is -2.09. The molecule has 1 aromatic heterocycles. The van der Waals surface area contributed by atoms with Gasteiger partial charge in [-0.05, 0) is 47.9 Å². The number of aromatic nitrogens is 1. The highest BCUT2D eigenvalue weighted by Gasteiger charge is 2.11. The van der Waals surface area contributed by atoms with Crippen LogP contribution in [0.1, 0.15) is 28.1 Å². The Morgan fingerprint density at radius 2 is 1.80 bits per heavy atom. The van der Waals surface area contributed by atoms with Crippen LogP contribution in [0.15, 0.2) is 72.8 Å². The van der Waals surface area contributed by atoms with Gasteiger partial charge in [0.2, 0.25) is 0 Å². The molecule has 2 N–H and O–H groups in total. The predicted molar refractivity (Wildman–Crippen MR) is 119 cm³/mol. The van der Waals surface area contributed by atoms with E-state index in [2.05, 4.69) is 4.98 Å². The van der Waals surface area contributed by atoms with E-state index in [4.69, 9.17) is 15.3 Å². The minimum Gasteiger partial charge on any atom is -0.489 e. The summed E-state index contributed by atoms with van der Waals surface area (Å²) in [6.45, 7) is 0.384. The number of para-hydroxylation sites is 1. The van der Waals surface area contributed by atoms with Crippen LogP contribution in [-0.4, -0.2) is 21.8 Å². The smallest absolute Gasteiger partial charge is 0.303 e. The second kappa shape index (κ2) is 8.88. The first-order chi connectivity index (χ1) is 14.6. The Labute approximate surface area is 178 Å². The molecule has 0 atom stereocenters. The molecule has 0 aliphatic rings. The summed E-state index contributed by atoms with van der Waals surface area (Å²) in [6.07, 6.45) is 0.624. The number of hydrogen-bond donors (Lipinski definition) is 2. The van der Waals surface area contributed by atoms with Crippen LogP contribution < -0.4 is 4.74 Å². The summed E-state index contributed by atoms with van der Waals surface area (Å²) >= 11 is 1.52. The second-order valence-electron chi connectivity index (χ2n) is 6.89. The molecule has 0 saturated heterocycles. The Morgan fingerprint density at radius 3 is 2.57 bits per heavy atom. The average Bonchev–Trinajstić information content (AvgIpc) is 3.21. The van der Waals surface area contributed by atoms with Crippen molar-refractivity contribution in [3.05, 3.63) is 94.5 Å². The standard InChI is InChI=1S/C24H20N2O3S/c25-23(24-26-20-6-1-2-7-21(20)30-24)18-5-3-4-17(14-18)15-29-19-11-8-16(9-12-19)10-13-22(27)28/h1-9,11-12,14,25H,10,13,15H2,(H,27,28). The summed E-state index contributed by atoms with van der Waals surface area (Å²) in [7, 11) is 0. The number of aryl methyl sites for hydroxylation is 1. The van der Waals surface area contributed by atoms with Gasteiger partial charge in [0.05, 0.1) is 15.9 Å². The van der Waals surface area contributed by atoms with E-state index in [-0.39, 0.29) is 6.42 Å². The maximum absolute atomic E-state index is 10.7. The van der Waals surface area contributed by atoms with Crippen molar-refractivity contribution < 1.29 is 14.6 Å². The van der Waals surface area contributed by atoms with Crippen molar-refractivity contribution in [2.45, 2.75) is 19.4 Å². The molecule has 0 aliphatic heterocycles. The first kappa shape index (κ1) is 19.8. The maximum Gasteiger partial charge on any atom is 0.303 e. The second-order valence-corrected chi connectivity index (χ2v) is 7.92. The van der Waals surface area contributed by atoms with Gasteiger partial charge in [-0.3, -0.25) is 10.2 Å². The molecule has 0 spiro atoms. The SMILES string of the molecule is N=C(c1cccc(COc2ccc(CCC(=O)O)cc2)c1)c1nc2ccccc2s1. The van der Waals surface area contributed by atoms with Crippen molar-refractivity contribution in [3.8, 4) is 5.75 Å². The third-order valence-corrected chi connectivity index (χ3v) is 5.73. The zero-order chi connectivity index (χ0) is 20.9. The summed E-state index contributed by atoms with van der Waals surface area (Å²) in [4.78, 5) is 15.2. The molecular formula is C24H20N2O3S. The molecule has 0 aliphatic carbocycles. The van der Waals surface area contributed by atoms with E-state index >= 15 is 0 Å². The lowest BCUT2D eigenvalue weighted by Crippen LogP contribution is -2.03. The van der Waals surface area contributed by atoms with Crippen LogP contribution in [0, 0.1) is 5.41 Å². The molecule has 0 fully saturated rings. The van der Waals surface area contributed by atoms with Crippen LogP contribution >= 0.6 is 11.3 Å². The van der Waals surface area contributed by atoms with Crippen molar-refractivity contribution in [3.63, 3.8) is 0 Å². The number of ether oxygens (including phenoxy) is 1. The minimum absolute atomic E-state index is 0.119. The van der Waals surface area contributed by atoms with Gasteiger partial charge in [0.1, 0.15) is 17.4 Å². The maximum atomic E-state index is 10.7. The van der Waals surface area contributed by atoms with E-state index in [0.29, 0.717) is 23.7 Å². The number of carboxylic acid groups (broad SMARTS) is 1. The van der Waals surface area contributed by atoms with Crippen molar-refractivity contribution in [2.75, 3.05) is 0 Å². The van der Waals surface area contributed by atoms with Crippen LogP contribution in [0.4, 0.5) is 0 Å². The molecule has 5 nitrogen and oxygen atoms in total. The number of aliphatic carboxylic acids is 1. The van der Waals surface area contributed by atoms with Gasteiger partial charge in [-0.15, -0.1) is 11.3 Å². The van der Waals surface area contributed by atoms with E-state index in [9.17, 15) is 4.79 Å². The van der Waals surface area contributed by atoms with Gasteiger partial charge in [-0.1, -0.05) is 42.5 Å². The third-order valence-electron chi connectivity index (χ3n) is 4.68. The quantitative estimate of drug-likeness (QED) is 0.381. The molecule has 3 aromatic carbocycles. The van der Waals surface area contributed by atoms with E-state index in [0.717, 1.165) is 32.7 Å². The molecule has 30 heavy (non-hydrogen) atoms. The van der Waals surface area contributed by atoms with E-state index < -0.39 is 5.97 Å². The van der Waals surface area contributed by atoms with Crippen LogP contribution in [-0.2, 0) is 17.8 Å². The van der Waals surface area contributed by atoms with Gasteiger partial charge >= 0.3 is 5.97 Å². The summed E-state index contributed by atoms with van der Waals surface area (Å²) < 4.78 is 6.93. The van der Waals surface area contributed by atoms with Gasteiger partial charge in [0, 0.05) is 12.0 Å². The molecule has 0 unspecified atom stereocenters. The van der Waals surface area contributed by atoms with Crippen molar-refractivity contribution in [2.24, 2.45) is 0 Å². The number of fused-ring (bicyclic) bond motifs is 1. The lowest BCUT2D eigenvalue weighted by atomic mass is 10.1. The van der Waals surface area contributed by atoms with Crippen LogP contribution in [0.2, 0.25) is 0 Å². The zero-order valence-electron chi connectivity index (χ0n) is 16.2. The molecular weight excluding hydrogens is 396 g/mol. The van der Waals surface area contributed by atoms with Crippen LogP contribution in [0.3, 0.4) is 0 Å². The van der Waals surface area contributed by atoms with E-state index in [1.807, 2.05) is 72.8 Å². The van der Waals surface area contributed by atoms with Crippen LogP contribution in [0.25, 0.3) is 10.2 Å². The number of carbonyl (C=O) groups is 1. The predicted octanol–water partition coefficient (Wildman–Crippen LogP) is 5.31. The first-order valence-corrected chi connectivity index (χ1v) is 10.4. The van der Waals surface area contributed by atoms with Gasteiger partial charge < -0.3 is 9.84 Å². The highest BCUT2D eigenvalue weighted by molar-refractivity contribution is 7.20. The monoisotopic (exact) mass is 416 g/mol. The van der Waals surface area contributed by atoms with Crippen molar-refractivity contribution in [1.82, 2.24) is 4.98 Å². The highest BCUT2D eigenvalue weighted by atomic mass is 32.1. The molecule has 1 heterocycles.